The van der Waals surface area contributed by atoms with Crippen LogP contribution in [0.15, 0.2) is 23.4 Å². The Morgan fingerprint density at radius 2 is 2.50 bits per heavy atom. The Kier molecular flexibility index (Phi) is 2.01. The van der Waals surface area contributed by atoms with Gasteiger partial charge in [-0.25, -0.2) is 0 Å². The molecule has 1 heterocycles. The molecule has 1 aromatic rings. The van der Waals surface area contributed by atoms with Crippen LogP contribution in [0.2, 0.25) is 0 Å². The van der Waals surface area contributed by atoms with Crippen LogP contribution in [0, 0.1) is 5.41 Å². The van der Waals surface area contributed by atoms with E-state index in [1.807, 2.05) is 29.9 Å². The molecule has 0 saturated heterocycles. The molecule has 0 radical (unpaired) electrons. The minimum atomic E-state index is 0.127. The van der Waals surface area contributed by atoms with Gasteiger partial charge in [-0.1, -0.05) is 0 Å². The number of aromatic nitrogens is 1. The predicted molar refractivity (Wildman–Crippen MR) is 43.2 cm³/mol. The van der Waals surface area contributed by atoms with E-state index in [2.05, 4.69) is 0 Å². The largest absolute Gasteiger partial charge is 0.378 e. The number of amidine groups is 1. The SMILES string of the molecule is Cn1cccc1SC(=N)N. The first-order valence-electron chi connectivity index (χ1n) is 2.83. The third-order valence-corrected chi connectivity index (χ3v) is 1.96. The number of nitrogens with zero attached hydrogens (tertiary/aromatic N) is 1. The first-order valence-corrected chi connectivity index (χ1v) is 3.65. The number of nitrogens with two attached hydrogens (primary N) is 1. The van der Waals surface area contributed by atoms with Gasteiger partial charge in [-0.15, -0.1) is 0 Å². The predicted octanol–water partition coefficient (Wildman–Crippen LogP) is 1.01. The van der Waals surface area contributed by atoms with E-state index in [-0.39, 0.29) is 5.17 Å². The van der Waals surface area contributed by atoms with E-state index in [0.717, 1.165) is 5.03 Å². The highest BCUT2D eigenvalue weighted by Crippen LogP contribution is 2.15. The topological polar surface area (TPSA) is 54.8 Å². The quantitative estimate of drug-likeness (QED) is 0.361. The van der Waals surface area contributed by atoms with Crippen molar-refractivity contribution in [2.45, 2.75) is 5.03 Å². The van der Waals surface area contributed by atoms with Gasteiger partial charge in [0.25, 0.3) is 0 Å². The van der Waals surface area contributed by atoms with Crippen molar-refractivity contribution in [1.29, 1.82) is 5.41 Å². The van der Waals surface area contributed by atoms with Gasteiger partial charge in [0.1, 0.15) is 0 Å². The standard InChI is InChI=1S/C6H9N3S/c1-9-4-2-3-5(9)10-6(7)8/h2-4H,1H3,(H3,7,8). The molecule has 54 valence electrons. The number of hydrogen-bond donors (Lipinski definition) is 2. The molecule has 3 nitrogen and oxygen atoms in total. The zero-order chi connectivity index (χ0) is 7.56. The van der Waals surface area contributed by atoms with Crippen molar-refractivity contribution in [1.82, 2.24) is 4.57 Å². The van der Waals surface area contributed by atoms with Crippen LogP contribution in [-0.4, -0.2) is 9.73 Å². The van der Waals surface area contributed by atoms with Gasteiger partial charge in [0.05, 0.1) is 5.03 Å². The second-order valence-electron chi connectivity index (χ2n) is 1.92. The van der Waals surface area contributed by atoms with Crippen molar-refractivity contribution < 1.29 is 0 Å². The lowest BCUT2D eigenvalue weighted by molar-refractivity contribution is 0.831. The van der Waals surface area contributed by atoms with Crippen molar-refractivity contribution in [2.75, 3.05) is 0 Å². The molecule has 0 spiro atoms. The molecule has 0 amide bonds. The van der Waals surface area contributed by atoms with E-state index >= 15 is 0 Å². The fourth-order valence-corrected chi connectivity index (χ4v) is 1.24. The summed E-state index contributed by atoms with van der Waals surface area (Å²) in [5, 5.41) is 8.11. The molecule has 0 atom stereocenters. The average molecular weight is 155 g/mol. The van der Waals surface area contributed by atoms with Crippen LogP contribution >= 0.6 is 11.8 Å². The molecule has 0 aliphatic rings. The van der Waals surface area contributed by atoms with Crippen LogP contribution in [0.4, 0.5) is 0 Å². The van der Waals surface area contributed by atoms with Crippen LogP contribution in [0.25, 0.3) is 0 Å². The number of aryl methyl sites for hydroxylation is 1. The second-order valence-corrected chi connectivity index (χ2v) is 2.99. The zero-order valence-electron chi connectivity index (χ0n) is 5.66. The van der Waals surface area contributed by atoms with Gasteiger partial charge in [-0.3, -0.25) is 5.41 Å². The maximum Gasteiger partial charge on any atom is 0.157 e. The molecule has 10 heavy (non-hydrogen) atoms. The highest BCUT2D eigenvalue weighted by Gasteiger charge is 1.97. The normalized spacial score (nSPS) is 9.70. The van der Waals surface area contributed by atoms with Gasteiger partial charge in [0, 0.05) is 13.2 Å². The fraction of sp³-hybridized carbons (Fsp3) is 0.167. The van der Waals surface area contributed by atoms with E-state index in [1.165, 1.54) is 11.8 Å². The van der Waals surface area contributed by atoms with Crippen molar-refractivity contribution in [3.8, 4) is 0 Å². The lowest BCUT2D eigenvalue weighted by Gasteiger charge is -1.98. The molecular formula is C6H9N3S. The Hall–Kier alpha value is -0.900. The molecule has 0 saturated carbocycles. The van der Waals surface area contributed by atoms with E-state index < -0.39 is 0 Å². The highest BCUT2D eigenvalue weighted by molar-refractivity contribution is 8.13. The Morgan fingerprint density at radius 3 is 2.90 bits per heavy atom. The lowest BCUT2D eigenvalue weighted by atomic mass is 10.7. The molecule has 0 fully saturated rings. The summed E-state index contributed by atoms with van der Waals surface area (Å²) in [5.41, 5.74) is 5.19. The van der Waals surface area contributed by atoms with Gasteiger partial charge in [0.15, 0.2) is 5.17 Å². The summed E-state index contributed by atoms with van der Waals surface area (Å²) < 4.78 is 1.92. The second kappa shape index (κ2) is 2.79. The zero-order valence-corrected chi connectivity index (χ0v) is 6.48. The molecule has 0 bridgehead atoms. The maximum absolute atomic E-state index is 6.99. The third kappa shape index (κ3) is 1.54. The van der Waals surface area contributed by atoms with E-state index in [4.69, 9.17) is 11.1 Å². The average Bonchev–Trinajstić information content (AvgIpc) is 2.15. The number of thioether (sulfide) groups is 1. The van der Waals surface area contributed by atoms with E-state index in [0.29, 0.717) is 0 Å². The van der Waals surface area contributed by atoms with Gasteiger partial charge in [-0.2, -0.15) is 0 Å². The molecule has 1 rings (SSSR count). The van der Waals surface area contributed by atoms with Gasteiger partial charge in [-0.05, 0) is 23.9 Å². The maximum atomic E-state index is 6.99. The van der Waals surface area contributed by atoms with E-state index in [9.17, 15) is 0 Å². The molecule has 4 heteroatoms. The van der Waals surface area contributed by atoms with Crippen LogP contribution < -0.4 is 5.73 Å². The molecule has 0 aliphatic carbocycles. The number of hydrogen-bond acceptors (Lipinski definition) is 2. The smallest absolute Gasteiger partial charge is 0.157 e. The first-order chi connectivity index (χ1) is 4.70. The molecule has 3 N–H and O–H groups in total. The summed E-state index contributed by atoms with van der Waals surface area (Å²) in [6, 6.07) is 3.84. The Morgan fingerprint density at radius 1 is 1.80 bits per heavy atom. The van der Waals surface area contributed by atoms with Crippen LogP contribution in [-0.2, 0) is 7.05 Å². The van der Waals surface area contributed by atoms with Crippen LogP contribution in [0.5, 0.6) is 0 Å². The molecular weight excluding hydrogens is 146 g/mol. The van der Waals surface area contributed by atoms with Crippen LogP contribution in [0.1, 0.15) is 0 Å². The summed E-state index contributed by atoms with van der Waals surface area (Å²) in [4.78, 5) is 0. The lowest BCUT2D eigenvalue weighted by Crippen LogP contribution is -2.04. The van der Waals surface area contributed by atoms with Crippen molar-refractivity contribution >= 4 is 16.9 Å². The summed E-state index contributed by atoms with van der Waals surface area (Å²) in [7, 11) is 1.92. The van der Waals surface area contributed by atoms with Crippen molar-refractivity contribution in [3.05, 3.63) is 18.3 Å². The number of nitrogens with one attached hydrogen (secondary N) is 1. The first kappa shape index (κ1) is 7.21. The van der Waals surface area contributed by atoms with Gasteiger partial charge < -0.3 is 10.3 Å². The highest BCUT2D eigenvalue weighted by atomic mass is 32.2. The minimum absolute atomic E-state index is 0.127. The molecule has 0 unspecified atom stereocenters. The monoisotopic (exact) mass is 155 g/mol. The Balaban J connectivity index is 2.74. The Labute approximate surface area is 63.7 Å². The summed E-state index contributed by atoms with van der Waals surface area (Å²) in [6.07, 6.45) is 1.92. The third-order valence-electron chi connectivity index (χ3n) is 1.11. The van der Waals surface area contributed by atoms with E-state index in [1.54, 1.807) is 0 Å². The summed E-state index contributed by atoms with van der Waals surface area (Å²) in [6.45, 7) is 0. The molecule has 1 aromatic heterocycles. The molecule has 0 aliphatic heterocycles. The number of rotatable bonds is 1. The van der Waals surface area contributed by atoms with Crippen molar-refractivity contribution in [2.24, 2.45) is 12.8 Å². The molecule has 0 aromatic carbocycles. The van der Waals surface area contributed by atoms with Crippen molar-refractivity contribution in [3.63, 3.8) is 0 Å². The Bertz CT molecular complexity index is 241. The summed E-state index contributed by atoms with van der Waals surface area (Å²) >= 11 is 1.26. The minimum Gasteiger partial charge on any atom is -0.378 e. The van der Waals surface area contributed by atoms with Gasteiger partial charge >= 0.3 is 0 Å². The summed E-state index contributed by atoms with van der Waals surface area (Å²) in [5.74, 6) is 0. The van der Waals surface area contributed by atoms with Gasteiger partial charge in [0.2, 0.25) is 0 Å². The van der Waals surface area contributed by atoms with Crippen LogP contribution in [0.3, 0.4) is 0 Å². The fourth-order valence-electron chi connectivity index (χ4n) is 0.664.